The van der Waals surface area contributed by atoms with Crippen LogP contribution in [-0.4, -0.2) is 47.6 Å². The summed E-state index contributed by atoms with van der Waals surface area (Å²) in [6.45, 7) is 6.31. The standard InChI is InChI=1S/C45H80O6/c1-4-5-6-7-8-9-10-15-19-22-25-28-31-35-42(47)36-33-38-44(48)50-40-43(39-46)51-45(49)37-32-29-26-23-20-17-14-12-11-13-16-18-21-24-27-30-34-41(2)3/h8-9,15,19,25,28,31,35,41-43,46-47H,4-7,10-14,16-18,20-24,26-27,29-30,32-34,36-40H2,1-3H3/b9-8-,19-15-,28-25-,35-31+/t42-,43+/m1/s1. The van der Waals surface area contributed by atoms with Crippen LogP contribution in [0.3, 0.4) is 0 Å². The molecule has 0 amide bonds. The van der Waals surface area contributed by atoms with Gasteiger partial charge in [-0.1, -0.05) is 185 Å². The molecule has 0 aliphatic heterocycles. The Balaban J connectivity index is 3.70. The van der Waals surface area contributed by atoms with Crippen LogP contribution in [-0.2, 0) is 19.1 Å². The van der Waals surface area contributed by atoms with Crippen LogP contribution < -0.4 is 0 Å². The number of aliphatic hydroxyl groups excluding tert-OH is 2. The number of carbonyl (C=O) groups excluding carboxylic acids is 2. The number of unbranched alkanes of at least 4 members (excludes halogenated alkanes) is 18. The van der Waals surface area contributed by atoms with Crippen molar-refractivity contribution in [1.29, 1.82) is 0 Å². The largest absolute Gasteiger partial charge is 0.462 e. The third-order valence-electron chi connectivity index (χ3n) is 9.16. The Morgan fingerprint density at radius 1 is 0.588 bits per heavy atom. The molecule has 2 N–H and O–H groups in total. The molecule has 6 heteroatoms. The fraction of sp³-hybridized carbons (Fsp3) is 0.778. The summed E-state index contributed by atoms with van der Waals surface area (Å²) in [5.41, 5.74) is 0. The van der Waals surface area contributed by atoms with Crippen LogP contribution in [0.15, 0.2) is 48.6 Å². The Bertz CT molecular complexity index is 889. The minimum Gasteiger partial charge on any atom is -0.462 e. The normalized spacial score (nSPS) is 13.4. The van der Waals surface area contributed by atoms with E-state index in [1.807, 2.05) is 18.2 Å². The minimum atomic E-state index is -0.844. The van der Waals surface area contributed by atoms with Crippen molar-refractivity contribution >= 4 is 11.9 Å². The molecule has 0 aliphatic carbocycles. The lowest BCUT2D eigenvalue weighted by Crippen LogP contribution is -2.28. The summed E-state index contributed by atoms with van der Waals surface area (Å²) in [6.07, 6.45) is 44.9. The lowest BCUT2D eigenvalue weighted by Gasteiger charge is -2.16. The zero-order chi connectivity index (χ0) is 37.5. The van der Waals surface area contributed by atoms with E-state index in [0.717, 1.165) is 44.4 Å². The van der Waals surface area contributed by atoms with Crippen LogP contribution in [0.4, 0.5) is 0 Å². The van der Waals surface area contributed by atoms with E-state index in [1.54, 1.807) is 6.08 Å². The first-order valence-corrected chi connectivity index (χ1v) is 21.2. The first-order chi connectivity index (χ1) is 24.9. The first kappa shape index (κ1) is 48.8. The minimum absolute atomic E-state index is 0.156. The monoisotopic (exact) mass is 717 g/mol. The number of ether oxygens (including phenoxy) is 2. The number of aliphatic hydroxyl groups is 2. The summed E-state index contributed by atoms with van der Waals surface area (Å²) in [6, 6.07) is 0. The van der Waals surface area contributed by atoms with Gasteiger partial charge >= 0.3 is 11.9 Å². The van der Waals surface area contributed by atoms with Crippen LogP contribution in [0, 0.1) is 5.92 Å². The van der Waals surface area contributed by atoms with Gasteiger partial charge in [-0.3, -0.25) is 9.59 Å². The van der Waals surface area contributed by atoms with E-state index < -0.39 is 18.2 Å². The van der Waals surface area contributed by atoms with Crippen molar-refractivity contribution in [1.82, 2.24) is 0 Å². The van der Waals surface area contributed by atoms with Gasteiger partial charge in [-0.2, -0.15) is 0 Å². The summed E-state index contributed by atoms with van der Waals surface area (Å²) < 4.78 is 10.5. The van der Waals surface area contributed by atoms with E-state index in [-0.39, 0.29) is 25.6 Å². The molecule has 0 unspecified atom stereocenters. The third kappa shape index (κ3) is 38.9. The van der Waals surface area contributed by atoms with Crippen molar-refractivity contribution in [3.8, 4) is 0 Å². The lowest BCUT2D eigenvalue weighted by atomic mass is 10.0. The van der Waals surface area contributed by atoms with Gasteiger partial charge in [-0.05, 0) is 50.9 Å². The van der Waals surface area contributed by atoms with E-state index >= 15 is 0 Å². The lowest BCUT2D eigenvalue weighted by molar-refractivity contribution is -0.161. The molecule has 0 saturated carbocycles. The van der Waals surface area contributed by atoms with Crippen LogP contribution in [0.5, 0.6) is 0 Å². The van der Waals surface area contributed by atoms with Crippen molar-refractivity contribution < 1.29 is 29.3 Å². The number of carbonyl (C=O) groups is 2. The molecule has 0 heterocycles. The molecule has 51 heavy (non-hydrogen) atoms. The summed E-state index contributed by atoms with van der Waals surface area (Å²) in [5, 5.41) is 19.7. The predicted octanol–water partition coefficient (Wildman–Crippen LogP) is 12.2. The van der Waals surface area contributed by atoms with Crippen LogP contribution in [0.25, 0.3) is 0 Å². The second kappa shape index (κ2) is 39.0. The van der Waals surface area contributed by atoms with Gasteiger partial charge in [0.2, 0.25) is 0 Å². The molecule has 2 atom stereocenters. The highest BCUT2D eigenvalue weighted by atomic mass is 16.6. The molecule has 0 aromatic heterocycles. The Morgan fingerprint density at radius 2 is 1.12 bits per heavy atom. The first-order valence-electron chi connectivity index (χ1n) is 21.2. The quantitative estimate of drug-likeness (QED) is 0.0288. The molecule has 0 aromatic rings. The van der Waals surface area contributed by atoms with Crippen molar-refractivity contribution in [2.24, 2.45) is 5.92 Å². The van der Waals surface area contributed by atoms with Gasteiger partial charge in [0.05, 0.1) is 12.7 Å². The highest BCUT2D eigenvalue weighted by Gasteiger charge is 2.16. The third-order valence-corrected chi connectivity index (χ3v) is 9.16. The molecule has 0 fully saturated rings. The molecule has 0 rings (SSSR count). The highest BCUT2D eigenvalue weighted by molar-refractivity contribution is 5.70. The van der Waals surface area contributed by atoms with Crippen LogP contribution in [0.2, 0.25) is 0 Å². The SMILES string of the molecule is CCCCC/C=C\C/C=C\C/C=C\C=C\[C@@H](O)CCCC(=O)OC[C@H](CO)OC(=O)CCCCCCCCCCCCCCCCCCC(C)C. The maximum absolute atomic E-state index is 12.2. The van der Waals surface area contributed by atoms with Crippen LogP contribution in [0.1, 0.15) is 194 Å². The second-order valence-electron chi connectivity index (χ2n) is 14.7. The molecule has 6 nitrogen and oxygen atoms in total. The van der Waals surface area contributed by atoms with Gasteiger partial charge in [0.25, 0.3) is 0 Å². The number of hydrogen-bond donors (Lipinski definition) is 2. The van der Waals surface area contributed by atoms with Crippen LogP contribution >= 0.6 is 0 Å². The summed E-state index contributed by atoms with van der Waals surface area (Å²) in [5.74, 6) is 0.0606. The zero-order valence-corrected chi connectivity index (χ0v) is 33.4. The zero-order valence-electron chi connectivity index (χ0n) is 33.4. The fourth-order valence-electron chi connectivity index (χ4n) is 5.90. The summed E-state index contributed by atoms with van der Waals surface area (Å²) >= 11 is 0. The molecule has 0 bridgehead atoms. The predicted molar refractivity (Wildman–Crippen MR) is 216 cm³/mol. The molecule has 0 spiro atoms. The Labute approximate surface area is 314 Å². The van der Waals surface area contributed by atoms with E-state index in [1.165, 1.54) is 109 Å². The fourth-order valence-corrected chi connectivity index (χ4v) is 5.90. The second-order valence-corrected chi connectivity index (χ2v) is 14.7. The van der Waals surface area contributed by atoms with E-state index in [2.05, 4.69) is 45.1 Å². The number of esters is 2. The average Bonchev–Trinajstić information content (AvgIpc) is 3.11. The molecule has 0 saturated heterocycles. The van der Waals surface area contributed by atoms with Gasteiger partial charge in [0.15, 0.2) is 6.10 Å². The van der Waals surface area contributed by atoms with Gasteiger partial charge < -0.3 is 19.7 Å². The smallest absolute Gasteiger partial charge is 0.306 e. The summed E-state index contributed by atoms with van der Waals surface area (Å²) in [4.78, 5) is 24.3. The number of allylic oxidation sites excluding steroid dienone is 7. The topological polar surface area (TPSA) is 93.1 Å². The van der Waals surface area contributed by atoms with Crippen molar-refractivity contribution in [3.63, 3.8) is 0 Å². The molecule has 296 valence electrons. The van der Waals surface area contributed by atoms with Crippen molar-refractivity contribution in [2.75, 3.05) is 13.2 Å². The average molecular weight is 717 g/mol. The van der Waals surface area contributed by atoms with E-state index in [4.69, 9.17) is 9.47 Å². The molecule has 0 aromatic carbocycles. The van der Waals surface area contributed by atoms with Gasteiger partial charge in [-0.15, -0.1) is 0 Å². The molecule has 0 aliphatic rings. The van der Waals surface area contributed by atoms with Crippen molar-refractivity contribution in [3.05, 3.63) is 48.6 Å². The van der Waals surface area contributed by atoms with Crippen molar-refractivity contribution in [2.45, 2.75) is 206 Å². The van der Waals surface area contributed by atoms with Gasteiger partial charge in [-0.25, -0.2) is 0 Å². The Morgan fingerprint density at radius 3 is 1.69 bits per heavy atom. The molecule has 0 radical (unpaired) electrons. The van der Waals surface area contributed by atoms with Gasteiger partial charge in [0, 0.05) is 12.8 Å². The van der Waals surface area contributed by atoms with E-state index in [9.17, 15) is 19.8 Å². The highest BCUT2D eigenvalue weighted by Crippen LogP contribution is 2.16. The number of hydrogen-bond acceptors (Lipinski definition) is 6. The Kier molecular flexibility index (Phi) is 37.4. The summed E-state index contributed by atoms with van der Waals surface area (Å²) in [7, 11) is 0. The van der Waals surface area contributed by atoms with E-state index in [0.29, 0.717) is 19.3 Å². The maximum Gasteiger partial charge on any atom is 0.306 e. The maximum atomic E-state index is 12.2. The Hall–Kier alpha value is -2.18. The van der Waals surface area contributed by atoms with Gasteiger partial charge in [0.1, 0.15) is 6.61 Å². The molecular formula is C45H80O6. The number of rotatable bonds is 37. The molecular weight excluding hydrogens is 636 g/mol.